The minimum Gasteiger partial charge on any atom is -0.449 e. The minimum absolute atomic E-state index is 0.0667. The van der Waals surface area contributed by atoms with Crippen molar-refractivity contribution in [1.82, 2.24) is 15.3 Å². The zero-order valence-electron chi connectivity index (χ0n) is 17.5. The molecule has 0 spiro atoms. The number of imidazole rings is 1. The summed E-state index contributed by atoms with van der Waals surface area (Å²) in [6.45, 7) is 0.720. The van der Waals surface area contributed by atoms with Gasteiger partial charge in [-0.05, 0) is 33.4 Å². The van der Waals surface area contributed by atoms with E-state index < -0.39 is 6.09 Å². The number of alkyl carbamates (subject to hydrolysis) is 1. The Morgan fingerprint density at radius 1 is 0.969 bits per heavy atom. The Hall–Kier alpha value is -4.12. The summed E-state index contributed by atoms with van der Waals surface area (Å²) < 4.78 is 5.56. The summed E-state index contributed by atoms with van der Waals surface area (Å²) in [5.41, 5.74) is 7.98. The maximum atomic E-state index is 12.2. The van der Waals surface area contributed by atoms with E-state index in [2.05, 4.69) is 39.6 Å². The Bertz CT molecular complexity index is 1200. The van der Waals surface area contributed by atoms with Crippen molar-refractivity contribution in [1.29, 1.82) is 0 Å². The summed E-state index contributed by atoms with van der Waals surface area (Å²) in [5, 5.41) is 2.80. The number of H-pyrrole nitrogens is 1. The summed E-state index contributed by atoms with van der Waals surface area (Å²) in [6.07, 6.45) is 6.93. The molecule has 4 aromatic rings. The quantitative estimate of drug-likeness (QED) is 0.424. The average Bonchev–Trinajstić information content (AvgIpc) is 3.48. The van der Waals surface area contributed by atoms with Gasteiger partial charge in [-0.25, -0.2) is 9.78 Å². The number of hydrogen-bond acceptors (Lipinski definition) is 3. The van der Waals surface area contributed by atoms with Crippen LogP contribution in [0.25, 0.3) is 28.5 Å². The first kappa shape index (κ1) is 19.8. The molecule has 0 saturated heterocycles. The lowest BCUT2D eigenvalue weighted by Gasteiger charge is -2.14. The van der Waals surface area contributed by atoms with Gasteiger partial charge in [-0.2, -0.15) is 0 Å². The van der Waals surface area contributed by atoms with E-state index in [4.69, 9.17) is 4.74 Å². The van der Waals surface area contributed by atoms with Crippen LogP contribution in [-0.2, 0) is 4.74 Å². The second kappa shape index (κ2) is 8.94. The highest BCUT2D eigenvalue weighted by Crippen LogP contribution is 2.44. The summed E-state index contributed by atoms with van der Waals surface area (Å²) >= 11 is 0. The SMILES string of the molecule is O=C(NCC=Cc1ccc(-c2cnc[nH]2)cc1)OCC1c2ccccc2-c2ccccc21. The number of rotatable bonds is 6. The van der Waals surface area contributed by atoms with E-state index in [1.165, 1.54) is 22.3 Å². The maximum absolute atomic E-state index is 12.2. The fraction of sp³-hybridized carbons (Fsp3) is 0.111. The Morgan fingerprint density at radius 3 is 2.31 bits per heavy atom. The van der Waals surface area contributed by atoms with Crippen LogP contribution in [0.5, 0.6) is 0 Å². The Labute approximate surface area is 186 Å². The molecule has 0 saturated carbocycles. The van der Waals surface area contributed by atoms with Crippen molar-refractivity contribution in [3.05, 3.63) is 108 Å². The molecule has 1 amide bonds. The van der Waals surface area contributed by atoms with Crippen LogP contribution in [0, 0.1) is 0 Å². The van der Waals surface area contributed by atoms with Crippen LogP contribution < -0.4 is 5.32 Å². The molecule has 0 bridgehead atoms. The molecule has 0 aliphatic heterocycles. The molecule has 32 heavy (non-hydrogen) atoms. The van der Waals surface area contributed by atoms with E-state index in [0.717, 1.165) is 16.8 Å². The predicted molar refractivity (Wildman–Crippen MR) is 126 cm³/mol. The lowest BCUT2D eigenvalue weighted by molar-refractivity contribution is 0.144. The molecule has 0 radical (unpaired) electrons. The fourth-order valence-corrected chi connectivity index (χ4v) is 4.17. The van der Waals surface area contributed by atoms with Crippen molar-refractivity contribution in [2.75, 3.05) is 13.2 Å². The number of hydrogen-bond donors (Lipinski definition) is 2. The molecule has 0 fully saturated rings. The highest BCUT2D eigenvalue weighted by atomic mass is 16.5. The molecule has 0 unspecified atom stereocenters. The molecule has 5 rings (SSSR count). The summed E-state index contributed by atoms with van der Waals surface area (Å²) in [7, 11) is 0. The predicted octanol–water partition coefficient (Wildman–Crippen LogP) is 5.63. The van der Waals surface area contributed by atoms with E-state index in [9.17, 15) is 4.79 Å². The van der Waals surface area contributed by atoms with Crippen molar-refractivity contribution >= 4 is 12.2 Å². The Morgan fingerprint density at radius 2 is 1.66 bits per heavy atom. The maximum Gasteiger partial charge on any atom is 0.407 e. The molecule has 5 heteroatoms. The number of fused-ring (bicyclic) bond motifs is 3. The van der Waals surface area contributed by atoms with Gasteiger partial charge in [0.25, 0.3) is 0 Å². The number of carbonyl (C=O) groups excluding carboxylic acids is 1. The number of nitrogens with one attached hydrogen (secondary N) is 2. The van der Waals surface area contributed by atoms with Gasteiger partial charge in [0.05, 0.1) is 18.2 Å². The summed E-state index contributed by atoms with van der Waals surface area (Å²) in [6, 6.07) is 24.8. The first-order valence-corrected chi connectivity index (χ1v) is 10.6. The van der Waals surface area contributed by atoms with Crippen LogP contribution >= 0.6 is 0 Å². The van der Waals surface area contributed by atoms with Crippen LogP contribution in [0.15, 0.2) is 91.4 Å². The number of amides is 1. The minimum atomic E-state index is -0.411. The van der Waals surface area contributed by atoms with E-state index in [0.29, 0.717) is 13.2 Å². The molecule has 2 N–H and O–H groups in total. The number of nitrogens with zero attached hydrogens (tertiary/aromatic N) is 1. The lowest BCUT2D eigenvalue weighted by Crippen LogP contribution is -2.26. The van der Waals surface area contributed by atoms with Gasteiger partial charge in [-0.15, -0.1) is 0 Å². The zero-order chi connectivity index (χ0) is 21.8. The van der Waals surface area contributed by atoms with Gasteiger partial charge in [0.1, 0.15) is 6.61 Å². The number of carbonyl (C=O) groups is 1. The van der Waals surface area contributed by atoms with Crippen LogP contribution in [0.3, 0.4) is 0 Å². The molecule has 158 valence electrons. The average molecular weight is 422 g/mol. The first-order valence-electron chi connectivity index (χ1n) is 10.6. The van der Waals surface area contributed by atoms with Gasteiger partial charge in [-0.1, -0.05) is 84.9 Å². The normalized spacial score (nSPS) is 12.5. The molecular formula is C27H23N3O2. The molecule has 3 aromatic carbocycles. The highest BCUT2D eigenvalue weighted by Gasteiger charge is 2.28. The van der Waals surface area contributed by atoms with Crippen molar-refractivity contribution in [3.8, 4) is 22.4 Å². The van der Waals surface area contributed by atoms with Crippen LogP contribution in [0.4, 0.5) is 4.79 Å². The fourth-order valence-electron chi connectivity index (χ4n) is 4.17. The number of aromatic nitrogens is 2. The van der Waals surface area contributed by atoms with Crippen molar-refractivity contribution in [3.63, 3.8) is 0 Å². The third kappa shape index (κ3) is 4.05. The second-order valence-electron chi connectivity index (χ2n) is 7.70. The van der Waals surface area contributed by atoms with E-state index in [1.54, 1.807) is 12.5 Å². The smallest absolute Gasteiger partial charge is 0.407 e. The molecule has 0 atom stereocenters. The van der Waals surface area contributed by atoms with Gasteiger partial charge in [-0.3, -0.25) is 0 Å². The standard InChI is InChI=1S/C27H23N3O2/c31-27(29-15-5-6-19-11-13-20(14-12-19)26-16-28-18-30-26)32-17-25-23-9-3-1-7-21(23)22-8-2-4-10-24(22)25/h1-14,16,18,25H,15,17H2,(H,28,30)(H,29,31). The number of ether oxygens (including phenoxy) is 1. The van der Waals surface area contributed by atoms with E-state index >= 15 is 0 Å². The van der Waals surface area contributed by atoms with Gasteiger partial charge in [0.15, 0.2) is 0 Å². The largest absolute Gasteiger partial charge is 0.449 e. The lowest BCUT2D eigenvalue weighted by atomic mass is 9.98. The molecule has 1 aliphatic rings. The summed E-state index contributed by atoms with van der Waals surface area (Å²) in [5.74, 6) is 0.0667. The topological polar surface area (TPSA) is 67.0 Å². The Balaban J connectivity index is 1.14. The van der Waals surface area contributed by atoms with Crippen LogP contribution in [-0.4, -0.2) is 29.2 Å². The first-order chi connectivity index (χ1) is 15.8. The molecule has 5 nitrogen and oxygen atoms in total. The molecular weight excluding hydrogens is 398 g/mol. The van der Waals surface area contributed by atoms with Crippen molar-refractivity contribution < 1.29 is 9.53 Å². The van der Waals surface area contributed by atoms with Crippen LogP contribution in [0.2, 0.25) is 0 Å². The third-order valence-electron chi connectivity index (χ3n) is 5.74. The monoisotopic (exact) mass is 421 g/mol. The highest BCUT2D eigenvalue weighted by molar-refractivity contribution is 5.79. The summed E-state index contributed by atoms with van der Waals surface area (Å²) in [4.78, 5) is 19.4. The molecule has 1 aliphatic carbocycles. The van der Waals surface area contributed by atoms with Crippen molar-refractivity contribution in [2.24, 2.45) is 0 Å². The van der Waals surface area contributed by atoms with Gasteiger partial charge < -0.3 is 15.0 Å². The number of benzene rings is 3. The Kier molecular flexibility index (Phi) is 5.54. The molecule has 1 aromatic heterocycles. The van der Waals surface area contributed by atoms with Crippen LogP contribution in [0.1, 0.15) is 22.6 Å². The zero-order valence-corrected chi connectivity index (χ0v) is 17.5. The van der Waals surface area contributed by atoms with E-state index in [1.807, 2.05) is 60.7 Å². The van der Waals surface area contributed by atoms with Gasteiger partial charge in [0.2, 0.25) is 0 Å². The number of aromatic amines is 1. The van der Waals surface area contributed by atoms with Gasteiger partial charge >= 0.3 is 6.09 Å². The van der Waals surface area contributed by atoms with Gasteiger partial charge in [0, 0.05) is 12.5 Å². The second-order valence-corrected chi connectivity index (χ2v) is 7.70. The third-order valence-corrected chi connectivity index (χ3v) is 5.74. The molecule has 1 heterocycles. The van der Waals surface area contributed by atoms with E-state index in [-0.39, 0.29) is 5.92 Å². The van der Waals surface area contributed by atoms with Crippen molar-refractivity contribution in [2.45, 2.75) is 5.92 Å².